The fourth-order valence-electron chi connectivity index (χ4n) is 3.37. The smallest absolute Gasteiger partial charge is 0.229 e. The van der Waals surface area contributed by atoms with Crippen molar-refractivity contribution in [2.75, 3.05) is 18.4 Å². The number of nitrogens with one attached hydrogen (secondary N) is 1. The van der Waals surface area contributed by atoms with Gasteiger partial charge in [0.15, 0.2) is 0 Å². The van der Waals surface area contributed by atoms with E-state index in [4.69, 9.17) is 0 Å². The monoisotopic (exact) mass is 390 g/mol. The van der Waals surface area contributed by atoms with Crippen molar-refractivity contribution in [3.05, 3.63) is 40.4 Å². The van der Waals surface area contributed by atoms with Crippen molar-refractivity contribution in [2.24, 2.45) is 5.92 Å². The standard InChI is InChI=1S/C19H23BrN2O2/c20-16-8-4-5-9-17(16)21-19(24)15-12-18(23)22(13-15)11-10-14-6-2-1-3-7-14/h4-6,8-9,15H,1-3,7,10-13H2,(H,21,24). The summed E-state index contributed by atoms with van der Waals surface area (Å²) in [6, 6.07) is 7.52. The van der Waals surface area contributed by atoms with Crippen molar-refractivity contribution in [2.45, 2.75) is 38.5 Å². The number of likely N-dealkylation sites (tertiary alicyclic amines) is 1. The van der Waals surface area contributed by atoms with Crippen LogP contribution in [0.15, 0.2) is 40.4 Å². The molecule has 0 saturated carbocycles. The van der Waals surface area contributed by atoms with Gasteiger partial charge in [-0.15, -0.1) is 0 Å². The first-order valence-corrected chi connectivity index (χ1v) is 9.44. The predicted octanol–water partition coefficient (Wildman–Crippen LogP) is 4.13. The third-order valence-electron chi connectivity index (χ3n) is 4.80. The number of hydrogen-bond donors (Lipinski definition) is 1. The largest absolute Gasteiger partial charge is 0.342 e. The molecule has 1 aromatic carbocycles. The van der Waals surface area contributed by atoms with Crippen LogP contribution in [0.2, 0.25) is 0 Å². The summed E-state index contributed by atoms with van der Waals surface area (Å²) in [5.74, 6) is -0.238. The molecule has 2 amide bonds. The first kappa shape index (κ1) is 17.2. The molecule has 24 heavy (non-hydrogen) atoms. The molecule has 1 heterocycles. The summed E-state index contributed by atoms with van der Waals surface area (Å²) in [5, 5.41) is 2.92. The SMILES string of the molecule is O=C(Nc1ccccc1Br)C1CC(=O)N(CCC2=CCCCC2)C1. The Balaban J connectivity index is 1.53. The Morgan fingerprint density at radius 2 is 2.12 bits per heavy atom. The molecular formula is C19H23BrN2O2. The van der Waals surface area contributed by atoms with E-state index in [9.17, 15) is 9.59 Å². The number of para-hydroxylation sites is 1. The van der Waals surface area contributed by atoms with Gasteiger partial charge in [0.25, 0.3) is 0 Å². The molecule has 3 rings (SSSR count). The van der Waals surface area contributed by atoms with Crippen molar-refractivity contribution in [3.63, 3.8) is 0 Å². The Morgan fingerprint density at radius 3 is 2.88 bits per heavy atom. The second-order valence-corrected chi connectivity index (χ2v) is 7.42. The maximum atomic E-state index is 12.4. The van der Waals surface area contributed by atoms with Gasteiger partial charge in [-0.1, -0.05) is 23.8 Å². The second-order valence-electron chi connectivity index (χ2n) is 6.57. The number of anilines is 1. The first-order valence-electron chi connectivity index (χ1n) is 8.64. The van der Waals surface area contributed by atoms with Crippen LogP contribution in [-0.2, 0) is 9.59 Å². The Labute approximate surface area is 151 Å². The van der Waals surface area contributed by atoms with Gasteiger partial charge >= 0.3 is 0 Å². The summed E-state index contributed by atoms with van der Waals surface area (Å²) >= 11 is 3.43. The van der Waals surface area contributed by atoms with E-state index >= 15 is 0 Å². The highest BCUT2D eigenvalue weighted by molar-refractivity contribution is 9.10. The Bertz CT molecular complexity index is 657. The number of amides is 2. The molecule has 1 N–H and O–H groups in total. The fraction of sp³-hybridized carbons (Fsp3) is 0.474. The predicted molar refractivity (Wildman–Crippen MR) is 98.6 cm³/mol. The minimum absolute atomic E-state index is 0.0744. The van der Waals surface area contributed by atoms with Crippen molar-refractivity contribution in [1.29, 1.82) is 0 Å². The number of allylic oxidation sites excluding steroid dienone is 1. The van der Waals surface area contributed by atoms with E-state index in [1.54, 1.807) is 0 Å². The lowest BCUT2D eigenvalue weighted by Crippen LogP contribution is -2.29. The molecule has 1 unspecified atom stereocenters. The zero-order valence-corrected chi connectivity index (χ0v) is 15.3. The quantitative estimate of drug-likeness (QED) is 0.768. The lowest BCUT2D eigenvalue weighted by Gasteiger charge is -2.19. The third-order valence-corrected chi connectivity index (χ3v) is 5.50. The summed E-state index contributed by atoms with van der Waals surface area (Å²) in [4.78, 5) is 26.5. The molecule has 0 radical (unpaired) electrons. The molecule has 1 fully saturated rings. The molecule has 0 bridgehead atoms. The highest BCUT2D eigenvalue weighted by Gasteiger charge is 2.34. The average molecular weight is 391 g/mol. The first-order chi connectivity index (χ1) is 11.6. The zero-order valence-electron chi connectivity index (χ0n) is 13.8. The van der Waals surface area contributed by atoms with E-state index < -0.39 is 0 Å². The van der Waals surface area contributed by atoms with Crippen LogP contribution in [0.25, 0.3) is 0 Å². The van der Waals surface area contributed by atoms with Crippen LogP contribution in [0.3, 0.4) is 0 Å². The van der Waals surface area contributed by atoms with E-state index in [1.165, 1.54) is 24.8 Å². The minimum Gasteiger partial charge on any atom is -0.342 e. The lowest BCUT2D eigenvalue weighted by molar-refractivity contribution is -0.128. The van der Waals surface area contributed by atoms with E-state index in [2.05, 4.69) is 27.3 Å². The maximum Gasteiger partial charge on any atom is 0.229 e. The normalized spacial score (nSPS) is 20.9. The van der Waals surface area contributed by atoms with Crippen LogP contribution in [0, 0.1) is 5.92 Å². The molecule has 0 spiro atoms. The van der Waals surface area contributed by atoms with Gasteiger partial charge in [0.1, 0.15) is 0 Å². The van der Waals surface area contributed by atoms with Crippen LogP contribution in [-0.4, -0.2) is 29.8 Å². The highest BCUT2D eigenvalue weighted by Crippen LogP contribution is 2.26. The van der Waals surface area contributed by atoms with E-state index in [0.717, 1.165) is 29.5 Å². The minimum atomic E-state index is -0.259. The summed E-state index contributed by atoms with van der Waals surface area (Å²) in [5.41, 5.74) is 2.22. The van der Waals surface area contributed by atoms with Crippen LogP contribution in [0.5, 0.6) is 0 Å². The molecule has 1 atom stereocenters. The fourth-order valence-corrected chi connectivity index (χ4v) is 3.76. The summed E-state index contributed by atoms with van der Waals surface area (Å²) in [6.07, 6.45) is 8.45. The van der Waals surface area contributed by atoms with Gasteiger partial charge in [0.2, 0.25) is 11.8 Å². The van der Waals surface area contributed by atoms with E-state index in [0.29, 0.717) is 13.0 Å². The highest BCUT2D eigenvalue weighted by atomic mass is 79.9. The molecule has 128 valence electrons. The number of hydrogen-bond acceptors (Lipinski definition) is 2. The van der Waals surface area contributed by atoms with Gasteiger partial charge in [0.05, 0.1) is 11.6 Å². The number of halogens is 1. The number of carbonyl (C=O) groups excluding carboxylic acids is 2. The maximum absolute atomic E-state index is 12.4. The van der Waals surface area contributed by atoms with Crippen molar-refractivity contribution < 1.29 is 9.59 Å². The Morgan fingerprint density at radius 1 is 1.29 bits per heavy atom. The molecule has 2 aliphatic rings. The van der Waals surface area contributed by atoms with Gasteiger partial charge in [-0.05, 0) is 60.2 Å². The Hall–Kier alpha value is -1.62. The number of benzene rings is 1. The van der Waals surface area contributed by atoms with Crippen LogP contribution in [0.1, 0.15) is 38.5 Å². The van der Waals surface area contributed by atoms with Gasteiger partial charge in [-0.3, -0.25) is 9.59 Å². The number of nitrogens with zero attached hydrogens (tertiary/aromatic N) is 1. The molecule has 0 aromatic heterocycles. The molecule has 4 nitrogen and oxygen atoms in total. The Kier molecular flexibility index (Phi) is 5.72. The summed E-state index contributed by atoms with van der Waals surface area (Å²) in [7, 11) is 0. The van der Waals surface area contributed by atoms with Crippen molar-refractivity contribution in [3.8, 4) is 0 Å². The topological polar surface area (TPSA) is 49.4 Å². The van der Waals surface area contributed by atoms with Crippen LogP contribution in [0.4, 0.5) is 5.69 Å². The second kappa shape index (κ2) is 7.97. The van der Waals surface area contributed by atoms with Gasteiger partial charge < -0.3 is 10.2 Å². The van der Waals surface area contributed by atoms with Crippen molar-refractivity contribution in [1.82, 2.24) is 4.90 Å². The molecule has 1 aliphatic carbocycles. The van der Waals surface area contributed by atoms with E-state index in [1.807, 2.05) is 29.2 Å². The summed E-state index contributed by atoms with van der Waals surface area (Å²) < 4.78 is 0.851. The molecule has 1 aliphatic heterocycles. The molecule has 1 aromatic rings. The van der Waals surface area contributed by atoms with Crippen LogP contribution < -0.4 is 5.32 Å². The average Bonchev–Trinajstić information content (AvgIpc) is 2.97. The lowest BCUT2D eigenvalue weighted by atomic mass is 9.97. The van der Waals surface area contributed by atoms with E-state index in [-0.39, 0.29) is 17.7 Å². The molecule has 5 heteroatoms. The van der Waals surface area contributed by atoms with Crippen molar-refractivity contribution >= 4 is 33.4 Å². The van der Waals surface area contributed by atoms with Crippen LogP contribution >= 0.6 is 15.9 Å². The molecular weight excluding hydrogens is 368 g/mol. The van der Waals surface area contributed by atoms with Gasteiger partial charge in [-0.2, -0.15) is 0 Å². The van der Waals surface area contributed by atoms with Gasteiger partial charge in [-0.25, -0.2) is 0 Å². The third kappa shape index (κ3) is 4.26. The number of rotatable bonds is 5. The zero-order chi connectivity index (χ0) is 16.9. The molecule has 1 saturated heterocycles. The van der Waals surface area contributed by atoms with Gasteiger partial charge in [0, 0.05) is 24.0 Å². The number of carbonyl (C=O) groups is 2. The summed E-state index contributed by atoms with van der Waals surface area (Å²) in [6.45, 7) is 1.27.